The second-order valence-corrected chi connectivity index (χ2v) is 3.25. The van der Waals surface area contributed by atoms with Gasteiger partial charge in [-0.25, -0.2) is 0 Å². The predicted molar refractivity (Wildman–Crippen MR) is 49.0 cm³/mol. The second-order valence-electron chi connectivity index (χ2n) is 3.25. The van der Waals surface area contributed by atoms with E-state index in [1.165, 1.54) is 16.8 Å². The molecule has 13 heavy (non-hydrogen) atoms. The molecule has 0 spiro atoms. The normalized spacial score (nSPS) is 12.3. The smallest absolute Gasteiger partial charge is 0.213 e. The van der Waals surface area contributed by atoms with Crippen LogP contribution in [0.1, 0.15) is 5.56 Å². The molecular formula is C11H9N2+. The van der Waals surface area contributed by atoms with E-state index in [0.717, 1.165) is 6.54 Å². The number of aromatic nitrogens is 2. The summed E-state index contributed by atoms with van der Waals surface area (Å²) in [7, 11) is 0. The average molecular weight is 169 g/mol. The van der Waals surface area contributed by atoms with Crippen molar-refractivity contribution in [3.05, 3.63) is 48.4 Å². The minimum absolute atomic E-state index is 0.958. The van der Waals surface area contributed by atoms with Crippen LogP contribution in [0.25, 0.3) is 11.3 Å². The van der Waals surface area contributed by atoms with Crippen molar-refractivity contribution in [3.63, 3.8) is 0 Å². The minimum atomic E-state index is 0.958. The van der Waals surface area contributed by atoms with Gasteiger partial charge in [-0.3, -0.25) is 4.98 Å². The molecule has 2 aromatic rings. The predicted octanol–water partition coefficient (Wildman–Crippen LogP) is 1.40. The van der Waals surface area contributed by atoms with Crippen LogP contribution in [0.2, 0.25) is 0 Å². The summed E-state index contributed by atoms with van der Waals surface area (Å²) in [5.74, 6) is 0. The largest absolute Gasteiger partial charge is 0.264 e. The van der Waals surface area contributed by atoms with Gasteiger partial charge in [0.05, 0.1) is 5.56 Å². The maximum Gasteiger partial charge on any atom is 0.213 e. The van der Waals surface area contributed by atoms with Crippen LogP contribution in [0, 0.1) is 0 Å². The molecule has 0 aliphatic carbocycles. The van der Waals surface area contributed by atoms with E-state index < -0.39 is 0 Å². The molecule has 62 valence electrons. The summed E-state index contributed by atoms with van der Waals surface area (Å²) < 4.78 is 2.24. The Morgan fingerprint density at radius 2 is 2.23 bits per heavy atom. The number of hydrogen-bond donors (Lipinski definition) is 0. The molecule has 0 saturated carbocycles. The van der Waals surface area contributed by atoms with Gasteiger partial charge < -0.3 is 0 Å². The van der Waals surface area contributed by atoms with Crippen molar-refractivity contribution in [2.75, 3.05) is 0 Å². The van der Waals surface area contributed by atoms with Crippen LogP contribution < -0.4 is 4.57 Å². The summed E-state index contributed by atoms with van der Waals surface area (Å²) in [6.45, 7) is 0.958. The molecule has 0 amide bonds. The molecule has 1 aliphatic heterocycles. The number of pyridine rings is 2. The van der Waals surface area contributed by atoms with Crippen molar-refractivity contribution in [1.82, 2.24) is 4.98 Å². The molecule has 0 saturated heterocycles. The third kappa shape index (κ3) is 0.886. The highest BCUT2D eigenvalue weighted by molar-refractivity contribution is 5.61. The van der Waals surface area contributed by atoms with Crippen molar-refractivity contribution in [2.45, 2.75) is 6.54 Å². The van der Waals surface area contributed by atoms with Gasteiger partial charge in [-0.2, -0.15) is 4.57 Å². The van der Waals surface area contributed by atoms with Crippen LogP contribution in [-0.4, -0.2) is 4.98 Å². The van der Waals surface area contributed by atoms with E-state index in [1.54, 1.807) is 0 Å². The van der Waals surface area contributed by atoms with E-state index in [2.05, 4.69) is 40.0 Å². The van der Waals surface area contributed by atoms with Gasteiger partial charge in [-0.05, 0) is 12.1 Å². The zero-order valence-electron chi connectivity index (χ0n) is 7.14. The standard InChI is InChI=1S/C11H9N2/c1-2-6-13-8-9-7-12-5-4-10(9)11(13)3-1/h1-7H,8H2/q+1. The summed E-state index contributed by atoms with van der Waals surface area (Å²) in [5.41, 5.74) is 3.92. The summed E-state index contributed by atoms with van der Waals surface area (Å²) in [6.07, 6.45) is 5.90. The van der Waals surface area contributed by atoms with Crippen LogP contribution >= 0.6 is 0 Å². The first-order valence-corrected chi connectivity index (χ1v) is 4.37. The molecule has 0 N–H and O–H groups in total. The Morgan fingerprint density at radius 1 is 1.23 bits per heavy atom. The fourth-order valence-electron chi connectivity index (χ4n) is 1.85. The molecule has 0 fully saturated rings. The zero-order chi connectivity index (χ0) is 8.67. The summed E-state index contributed by atoms with van der Waals surface area (Å²) >= 11 is 0. The van der Waals surface area contributed by atoms with Crippen LogP contribution in [0.15, 0.2) is 42.9 Å². The third-order valence-corrected chi connectivity index (χ3v) is 2.46. The van der Waals surface area contributed by atoms with E-state index in [1.807, 2.05) is 12.4 Å². The highest BCUT2D eigenvalue weighted by Gasteiger charge is 2.24. The van der Waals surface area contributed by atoms with Crippen molar-refractivity contribution < 1.29 is 4.57 Å². The van der Waals surface area contributed by atoms with Crippen LogP contribution in [0.4, 0.5) is 0 Å². The Kier molecular flexibility index (Phi) is 1.25. The molecule has 1 aliphatic rings. The fraction of sp³-hybridized carbons (Fsp3) is 0.0909. The Hall–Kier alpha value is -1.70. The maximum atomic E-state index is 4.13. The Bertz CT molecular complexity index is 420. The van der Waals surface area contributed by atoms with Crippen molar-refractivity contribution in [1.29, 1.82) is 0 Å². The SMILES string of the molecule is c1cc[n+]2c(c1)-c1ccncc1C2. The van der Waals surface area contributed by atoms with Gasteiger partial charge in [0.2, 0.25) is 5.69 Å². The van der Waals surface area contributed by atoms with Gasteiger partial charge in [-0.15, -0.1) is 0 Å². The lowest BCUT2D eigenvalue weighted by atomic mass is 10.1. The first-order chi connectivity index (χ1) is 6.45. The molecule has 3 rings (SSSR count). The van der Waals surface area contributed by atoms with Crippen LogP contribution in [0.5, 0.6) is 0 Å². The number of fused-ring (bicyclic) bond motifs is 3. The molecule has 3 heterocycles. The highest BCUT2D eigenvalue weighted by atomic mass is 15.0. The Labute approximate surface area is 76.5 Å². The van der Waals surface area contributed by atoms with Gasteiger partial charge >= 0.3 is 0 Å². The number of rotatable bonds is 0. The Balaban J connectivity index is 2.32. The second kappa shape index (κ2) is 2.39. The molecule has 0 aromatic carbocycles. The molecule has 0 radical (unpaired) electrons. The molecule has 2 heteroatoms. The lowest BCUT2D eigenvalue weighted by Crippen LogP contribution is -2.31. The van der Waals surface area contributed by atoms with Gasteiger partial charge in [-0.1, -0.05) is 0 Å². The first kappa shape index (κ1) is 6.78. The van der Waals surface area contributed by atoms with E-state index >= 15 is 0 Å². The average Bonchev–Trinajstić information content (AvgIpc) is 2.56. The molecule has 0 unspecified atom stereocenters. The van der Waals surface area contributed by atoms with Crippen LogP contribution in [-0.2, 0) is 6.54 Å². The maximum absolute atomic E-state index is 4.13. The lowest BCUT2D eigenvalue weighted by molar-refractivity contribution is -0.672. The van der Waals surface area contributed by atoms with Crippen molar-refractivity contribution in [3.8, 4) is 11.3 Å². The topological polar surface area (TPSA) is 16.8 Å². The number of hydrogen-bond acceptors (Lipinski definition) is 1. The third-order valence-electron chi connectivity index (χ3n) is 2.46. The fourth-order valence-corrected chi connectivity index (χ4v) is 1.85. The minimum Gasteiger partial charge on any atom is -0.264 e. The first-order valence-electron chi connectivity index (χ1n) is 4.37. The molecule has 2 aromatic heterocycles. The number of nitrogens with zero attached hydrogens (tertiary/aromatic N) is 2. The lowest BCUT2D eigenvalue weighted by Gasteiger charge is -1.90. The van der Waals surface area contributed by atoms with Crippen molar-refractivity contribution in [2.24, 2.45) is 0 Å². The van der Waals surface area contributed by atoms with Gasteiger partial charge in [0, 0.05) is 30.1 Å². The van der Waals surface area contributed by atoms with E-state index in [-0.39, 0.29) is 0 Å². The summed E-state index contributed by atoms with van der Waals surface area (Å²) in [6, 6.07) is 8.35. The summed E-state index contributed by atoms with van der Waals surface area (Å²) in [5, 5.41) is 0. The van der Waals surface area contributed by atoms with Crippen molar-refractivity contribution >= 4 is 0 Å². The van der Waals surface area contributed by atoms with Gasteiger partial charge in [0.25, 0.3) is 0 Å². The molecular weight excluding hydrogens is 160 g/mol. The monoisotopic (exact) mass is 169 g/mol. The quantitative estimate of drug-likeness (QED) is 0.465. The highest BCUT2D eigenvalue weighted by Crippen LogP contribution is 2.24. The van der Waals surface area contributed by atoms with Gasteiger partial charge in [0.1, 0.15) is 0 Å². The molecule has 0 bridgehead atoms. The van der Waals surface area contributed by atoms with E-state index in [0.29, 0.717) is 0 Å². The zero-order valence-corrected chi connectivity index (χ0v) is 7.14. The van der Waals surface area contributed by atoms with E-state index in [9.17, 15) is 0 Å². The van der Waals surface area contributed by atoms with Crippen LogP contribution in [0.3, 0.4) is 0 Å². The van der Waals surface area contributed by atoms with Gasteiger partial charge in [0.15, 0.2) is 12.7 Å². The summed E-state index contributed by atoms with van der Waals surface area (Å²) in [4.78, 5) is 4.13. The van der Waals surface area contributed by atoms with E-state index in [4.69, 9.17) is 0 Å². The molecule has 2 nitrogen and oxygen atoms in total. The Morgan fingerprint density at radius 3 is 3.23 bits per heavy atom. The molecule has 0 atom stereocenters.